The molecule has 1 aliphatic heterocycles. The third-order valence-electron chi connectivity index (χ3n) is 3.45. The van der Waals surface area contributed by atoms with Crippen LogP contribution in [-0.2, 0) is 9.84 Å². The van der Waals surface area contributed by atoms with Crippen molar-refractivity contribution >= 4 is 31.7 Å². The molecule has 1 saturated heterocycles. The number of rotatable bonds is 4. The molecule has 1 atom stereocenters. The van der Waals surface area contributed by atoms with Crippen molar-refractivity contribution in [2.24, 2.45) is 0 Å². The molecular weight excluding hydrogens is 342 g/mol. The third kappa shape index (κ3) is 3.61. The highest BCUT2D eigenvalue weighted by Crippen LogP contribution is 2.21. The van der Waals surface area contributed by atoms with Crippen molar-refractivity contribution in [3.05, 3.63) is 34.3 Å². The molecule has 1 fully saturated rings. The van der Waals surface area contributed by atoms with E-state index in [9.17, 15) is 13.2 Å². The molecule has 20 heavy (non-hydrogen) atoms. The van der Waals surface area contributed by atoms with Gasteiger partial charge in [-0.1, -0.05) is 28.9 Å². The van der Waals surface area contributed by atoms with Crippen LogP contribution in [-0.4, -0.2) is 43.3 Å². The van der Waals surface area contributed by atoms with Gasteiger partial charge in [0.15, 0.2) is 9.84 Å². The SMILES string of the molecule is CCCN(C(=O)c1cccc(Br)c1)C1CCS(=O)(=O)C1. The minimum Gasteiger partial charge on any atom is -0.335 e. The van der Waals surface area contributed by atoms with E-state index in [-0.39, 0.29) is 23.5 Å². The van der Waals surface area contributed by atoms with Crippen molar-refractivity contribution < 1.29 is 13.2 Å². The number of hydrogen-bond donors (Lipinski definition) is 0. The van der Waals surface area contributed by atoms with Crippen LogP contribution in [0.25, 0.3) is 0 Å². The summed E-state index contributed by atoms with van der Waals surface area (Å²) in [6, 6.07) is 7.02. The molecule has 110 valence electrons. The van der Waals surface area contributed by atoms with Crippen LogP contribution in [0.5, 0.6) is 0 Å². The van der Waals surface area contributed by atoms with Crippen LogP contribution in [0.3, 0.4) is 0 Å². The first-order valence-electron chi connectivity index (χ1n) is 6.70. The molecule has 1 heterocycles. The van der Waals surface area contributed by atoms with Crippen molar-refractivity contribution in [2.45, 2.75) is 25.8 Å². The van der Waals surface area contributed by atoms with Gasteiger partial charge in [0.2, 0.25) is 0 Å². The lowest BCUT2D eigenvalue weighted by atomic mass is 10.1. The standard InChI is InChI=1S/C14H18BrNO3S/c1-2-7-16(13-6-8-20(18,19)10-13)14(17)11-4-3-5-12(15)9-11/h3-5,9,13H,2,6-8,10H2,1H3. The van der Waals surface area contributed by atoms with Gasteiger partial charge in [-0.25, -0.2) is 8.42 Å². The van der Waals surface area contributed by atoms with Crippen molar-refractivity contribution in [2.75, 3.05) is 18.1 Å². The van der Waals surface area contributed by atoms with E-state index >= 15 is 0 Å². The number of sulfone groups is 1. The first-order valence-corrected chi connectivity index (χ1v) is 9.31. The highest BCUT2D eigenvalue weighted by Gasteiger charge is 2.34. The molecule has 1 aromatic carbocycles. The Morgan fingerprint density at radius 2 is 2.20 bits per heavy atom. The van der Waals surface area contributed by atoms with Crippen LogP contribution in [0.15, 0.2) is 28.7 Å². The topological polar surface area (TPSA) is 54.5 Å². The van der Waals surface area contributed by atoms with E-state index in [0.29, 0.717) is 18.5 Å². The van der Waals surface area contributed by atoms with Gasteiger partial charge < -0.3 is 4.90 Å². The monoisotopic (exact) mass is 359 g/mol. The molecule has 0 saturated carbocycles. The number of halogens is 1. The summed E-state index contributed by atoms with van der Waals surface area (Å²) in [6.07, 6.45) is 1.36. The van der Waals surface area contributed by atoms with Gasteiger partial charge in [-0.15, -0.1) is 0 Å². The Morgan fingerprint density at radius 3 is 2.75 bits per heavy atom. The first kappa shape index (κ1) is 15.5. The summed E-state index contributed by atoms with van der Waals surface area (Å²) in [7, 11) is -2.99. The number of carbonyl (C=O) groups is 1. The third-order valence-corrected chi connectivity index (χ3v) is 5.69. The number of amides is 1. The number of benzene rings is 1. The fourth-order valence-electron chi connectivity index (χ4n) is 2.50. The predicted molar refractivity (Wildman–Crippen MR) is 82.5 cm³/mol. The largest absolute Gasteiger partial charge is 0.335 e. The van der Waals surface area contributed by atoms with Crippen LogP contribution < -0.4 is 0 Å². The van der Waals surface area contributed by atoms with Gasteiger partial charge in [-0.3, -0.25) is 4.79 Å². The second kappa shape index (κ2) is 6.26. The molecule has 1 aliphatic rings. The summed E-state index contributed by atoms with van der Waals surface area (Å²) in [5, 5.41) is 0. The van der Waals surface area contributed by atoms with Gasteiger partial charge in [0.1, 0.15) is 0 Å². The number of hydrogen-bond acceptors (Lipinski definition) is 3. The van der Waals surface area contributed by atoms with E-state index in [2.05, 4.69) is 15.9 Å². The Hall–Kier alpha value is -0.880. The Kier molecular flexibility index (Phi) is 4.86. The maximum absolute atomic E-state index is 12.6. The van der Waals surface area contributed by atoms with E-state index in [1.54, 1.807) is 17.0 Å². The minimum absolute atomic E-state index is 0.0877. The Labute approximate surface area is 128 Å². The highest BCUT2D eigenvalue weighted by molar-refractivity contribution is 9.10. The molecule has 0 aromatic heterocycles. The quantitative estimate of drug-likeness (QED) is 0.829. The van der Waals surface area contributed by atoms with E-state index in [1.165, 1.54) is 0 Å². The van der Waals surface area contributed by atoms with Gasteiger partial charge in [-0.05, 0) is 31.0 Å². The first-order chi connectivity index (χ1) is 9.43. The van der Waals surface area contributed by atoms with E-state index < -0.39 is 9.84 Å². The molecule has 1 aromatic rings. The Balaban J connectivity index is 2.22. The zero-order valence-electron chi connectivity index (χ0n) is 11.4. The lowest BCUT2D eigenvalue weighted by Crippen LogP contribution is -2.41. The maximum Gasteiger partial charge on any atom is 0.254 e. The Bertz CT molecular complexity index is 600. The maximum atomic E-state index is 12.6. The van der Waals surface area contributed by atoms with Crippen LogP contribution in [0.1, 0.15) is 30.1 Å². The highest BCUT2D eigenvalue weighted by atomic mass is 79.9. The molecule has 4 nitrogen and oxygen atoms in total. The van der Waals surface area contributed by atoms with Crippen LogP contribution in [0.4, 0.5) is 0 Å². The van der Waals surface area contributed by atoms with Crippen molar-refractivity contribution in [1.82, 2.24) is 4.90 Å². The average Bonchev–Trinajstić information content (AvgIpc) is 2.75. The normalized spacial score (nSPS) is 20.8. The zero-order chi connectivity index (χ0) is 14.8. The lowest BCUT2D eigenvalue weighted by Gasteiger charge is -2.28. The summed E-state index contributed by atoms with van der Waals surface area (Å²) in [6.45, 7) is 2.58. The molecular formula is C14H18BrNO3S. The molecule has 0 N–H and O–H groups in total. The van der Waals surface area contributed by atoms with Crippen LogP contribution in [0, 0.1) is 0 Å². The predicted octanol–water partition coefficient (Wildman–Crippen LogP) is 2.49. The van der Waals surface area contributed by atoms with Crippen molar-refractivity contribution in [3.8, 4) is 0 Å². The van der Waals surface area contributed by atoms with Crippen LogP contribution >= 0.6 is 15.9 Å². The lowest BCUT2D eigenvalue weighted by molar-refractivity contribution is 0.0697. The molecule has 0 spiro atoms. The molecule has 0 radical (unpaired) electrons. The Morgan fingerprint density at radius 1 is 1.45 bits per heavy atom. The van der Waals surface area contributed by atoms with E-state index in [4.69, 9.17) is 0 Å². The van der Waals surface area contributed by atoms with Gasteiger partial charge in [0.25, 0.3) is 5.91 Å². The summed E-state index contributed by atoms with van der Waals surface area (Å²) in [5.74, 6) is 0.186. The summed E-state index contributed by atoms with van der Waals surface area (Å²) in [5.41, 5.74) is 0.595. The summed E-state index contributed by atoms with van der Waals surface area (Å²) < 4.78 is 24.1. The summed E-state index contributed by atoms with van der Waals surface area (Å²) >= 11 is 3.35. The van der Waals surface area contributed by atoms with E-state index in [0.717, 1.165) is 10.9 Å². The molecule has 0 aliphatic carbocycles. The van der Waals surface area contributed by atoms with Gasteiger partial charge >= 0.3 is 0 Å². The zero-order valence-corrected chi connectivity index (χ0v) is 13.8. The van der Waals surface area contributed by atoms with Crippen LogP contribution in [0.2, 0.25) is 0 Å². The average molecular weight is 360 g/mol. The number of carbonyl (C=O) groups excluding carboxylic acids is 1. The molecule has 6 heteroatoms. The van der Waals surface area contributed by atoms with Crippen molar-refractivity contribution in [3.63, 3.8) is 0 Å². The molecule has 1 amide bonds. The second-order valence-electron chi connectivity index (χ2n) is 5.07. The molecule has 2 rings (SSSR count). The summed E-state index contributed by atoms with van der Waals surface area (Å²) in [4.78, 5) is 14.3. The molecule has 0 bridgehead atoms. The van der Waals surface area contributed by atoms with Gasteiger partial charge in [0, 0.05) is 22.6 Å². The number of nitrogens with zero attached hydrogens (tertiary/aromatic N) is 1. The van der Waals surface area contributed by atoms with Gasteiger partial charge in [-0.2, -0.15) is 0 Å². The fraction of sp³-hybridized carbons (Fsp3) is 0.500. The fourth-order valence-corrected chi connectivity index (χ4v) is 4.63. The van der Waals surface area contributed by atoms with E-state index in [1.807, 2.05) is 19.1 Å². The smallest absolute Gasteiger partial charge is 0.254 e. The van der Waals surface area contributed by atoms with Gasteiger partial charge in [0.05, 0.1) is 11.5 Å². The minimum atomic E-state index is -2.99. The second-order valence-corrected chi connectivity index (χ2v) is 8.21. The van der Waals surface area contributed by atoms with Crippen molar-refractivity contribution in [1.29, 1.82) is 0 Å². The molecule has 1 unspecified atom stereocenters.